The minimum Gasteiger partial charge on any atom is -0.483 e. The van der Waals surface area contributed by atoms with Crippen molar-refractivity contribution >= 4 is 18.3 Å². The van der Waals surface area contributed by atoms with E-state index in [1.54, 1.807) is 22.5 Å². The van der Waals surface area contributed by atoms with E-state index < -0.39 is 6.04 Å². The summed E-state index contributed by atoms with van der Waals surface area (Å²) in [7, 11) is 0. The molecule has 0 unspecified atom stereocenters. The van der Waals surface area contributed by atoms with Crippen LogP contribution >= 0.6 is 0 Å². The summed E-state index contributed by atoms with van der Waals surface area (Å²) in [5.41, 5.74) is 0.257. The molecule has 0 radical (unpaired) electrons. The SMILES string of the molecule is CC(=O)N1C[C@H]2C[C@@H](C1)[C@H](C(=O)NCC1(CO)CCOCC1)n1c2cccc1=O.O=CO. The quantitative estimate of drug-likeness (QED) is 0.549. The Morgan fingerprint density at radius 3 is 2.59 bits per heavy atom. The second-order valence-corrected chi connectivity index (χ2v) is 8.81. The van der Waals surface area contributed by atoms with Crippen LogP contribution in [0.3, 0.4) is 0 Å². The molecule has 1 aromatic heterocycles. The summed E-state index contributed by atoms with van der Waals surface area (Å²) in [5, 5.41) is 19.8. The number of carboxylic acid groups (broad SMARTS) is 1. The minimum absolute atomic E-state index is 0.00738. The molecule has 4 rings (SSSR count). The maximum atomic E-state index is 13.3. The average molecular weight is 450 g/mol. The number of nitrogens with zero attached hydrogens (tertiary/aromatic N) is 2. The molecule has 0 aliphatic carbocycles. The van der Waals surface area contributed by atoms with Crippen LogP contribution in [-0.2, 0) is 19.1 Å². The molecule has 3 aliphatic heterocycles. The molecule has 10 nitrogen and oxygen atoms in total. The van der Waals surface area contributed by atoms with Gasteiger partial charge >= 0.3 is 0 Å². The Bertz CT molecular complexity index is 894. The van der Waals surface area contributed by atoms with Crippen LogP contribution in [-0.4, -0.2) is 77.4 Å². The number of ether oxygens (including phenoxy) is 1. The first-order valence-corrected chi connectivity index (χ1v) is 10.9. The van der Waals surface area contributed by atoms with Gasteiger partial charge < -0.3 is 25.2 Å². The molecule has 176 valence electrons. The van der Waals surface area contributed by atoms with Crippen molar-refractivity contribution in [1.82, 2.24) is 14.8 Å². The van der Waals surface area contributed by atoms with Gasteiger partial charge in [-0.1, -0.05) is 6.07 Å². The zero-order chi connectivity index (χ0) is 23.3. The second-order valence-electron chi connectivity index (χ2n) is 8.81. The van der Waals surface area contributed by atoms with Gasteiger partial charge in [0.05, 0.1) is 6.61 Å². The Balaban J connectivity index is 0.000000913. The number of aliphatic hydroxyl groups is 1. The number of aliphatic hydroxyl groups excluding tert-OH is 1. The Hall–Kier alpha value is -2.72. The molecule has 2 saturated heterocycles. The predicted molar refractivity (Wildman–Crippen MR) is 114 cm³/mol. The molecule has 0 spiro atoms. The summed E-state index contributed by atoms with van der Waals surface area (Å²) in [5.74, 6) is -0.264. The highest BCUT2D eigenvalue weighted by molar-refractivity contribution is 5.81. The van der Waals surface area contributed by atoms with Crippen molar-refractivity contribution in [2.75, 3.05) is 39.5 Å². The van der Waals surface area contributed by atoms with Gasteiger partial charge in [-0.2, -0.15) is 0 Å². The Labute approximate surface area is 186 Å². The number of carbonyl (C=O) groups is 3. The lowest BCUT2D eigenvalue weighted by atomic mass is 9.77. The zero-order valence-electron chi connectivity index (χ0n) is 18.2. The summed E-state index contributed by atoms with van der Waals surface area (Å²) >= 11 is 0. The standard InChI is InChI=1S/C21H29N3O5.CH2O2/c1-14(26)23-10-15-9-16(11-23)19(24-17(15)3-2-4-18(24)27)20(28)22-12-21(13-25)5-7-29-8-6-21;2-1-3/h2-4,15-16,19,25H,5-13H2,1H3,(H,22,28);1H,(H,2,3)/t15-,16+,19-;/m1./s1. The van der Waals surface area contributed by atoms with Crippen LogP contribution in [0.5, 0.6) is 0 Å². The molecule has 3 aliphatic rings. The highest BCUT2D eigenvalue weighted by Gasteiger charge is 2.44. The van der Waals surface area contributed by atoms with Crippen LogP contribution in [0.25, 0.3) is 0 Å². The van der Waals surface area contributed by atoms with E-state index in [0.717, 1.165) is 12.1 Å². The van der Waals surface area contributed by atoms with Crippen LogP contribution < -0.4 is 10.9 Å². The van der Waals surface area contributed by atoms with Gasteiger partial charge in [0.25, 0.3) is 12.0 Å². The van der Waals surface area contributed by atoms with Crippen molar-refractivity contribution in [1.29, 1.82) is 0 Å². The zero-order valence-corrected chi connectivity index (χ0v) is 18.2. The van der Waals surface area contributed by atoms with E-state index in [2.05, 4.69) is 5.32 Å². The van der Waals surface area contributed by atoms with Gasteiger partial charge in [0.15, 0.2) is 0 Å². The fourth-order valence-corrected chi connectivity index (χ4v) is 5.10. The number of carbonyl (C=O) groups excluding carboxylic acids is 2. The lowest BCUT2D eigenvalue weighted by Crippen LogP contribution is -2.55. The van der Waals surface area contributed by atoms with Gasteiger partial charge in [0.1, 0.15) is 6.04 Å². The van der Waals surface area contributed by atoms with Crippen LogP contribution in [0.1, 0.15) is 43.8 Å². The van der Waals surface area contributed by atoms with Gasteiger partial charge in [-0.15, -0.1) is 0 Å². The topological polar surface area (TPSA) is 138 Å². The van der Waals surface area contributed by atoms with E-state index in [1.807, 2.05) is 6.07 Å². The average Bonchev–Trinajstić information content (AvgIpc) is 2.79. The summed E-state index contributed by atoms with van der Waals surface area (Å²) < 4.78 is 7.02. The van der Waals surface area contributed by atoms with Crippen molar-refractivity contribution in [3.63, 3.8) is 0 Å². The molecule has 32 heavy (non-hydrogen) atoms. The Kier molecular flexibility index (Phi) is 7.68. The number of aromatic nitrogens is 1. The summed E-state index contributed by atoms with van der Waals surface area (Å²) in [4.78, 5) is 48.2. The maximum absolute atomic E-state index is 13.3. The fraction of sp³-hybridized carbons (Fsp3) is 0.636. The summed E-state index contributed by atoms with van der Waals surface area (Å²) in [6.45, 7) is 3.83. The van der Waals surface area contributed by atoms with E-state index >= 15 is 0 Å². The normalized spacial score (nSPS) is 25.6. The molecular weight excluding hydrogens is 418 g/mol. The van der Waals surface area contributed by atoms with Crippen LogP contribution in [0.4, 0.5) is 0 Å². The fourth-order valence-electron chi connectivity index (χ4n) is 5.10. The molecule has 1 aromatic rings. The van der Waals surface area contributed by atoms with Crippen LogP contribution in [0, 0.1) is 11.3 Å². The molecule has 4 heterocycles. The molecule has 10 heteroatoms. The molecule has 0 aromatic carbocycles. The van der Waals surface area contributed by atoms with Crippen molar-refractivity contribution in [3.8, 4) is 0 Å². The molecule has 2 fully saturated rings. The van der Waals surface area contributed by atoms with Gasteiger partial charge in [0.2, 0.25) is 11.8 Å². The van der Waals surface area contributed by atoms with Gasteiger partial charge in [-0.25, -0.2) is 0 Å². The Morgan fingerprint density at radius 2 is 1.97 bits per heavy atom. The first-order valence-electron chi connectivity index (χ1n) is 10.9. The van der Waals surface area contributed by atoms with E-state index in [9.17, 15) is 19.5 Å². The largest absolute Gasteiger partial charge is 0.483 e. The van der Waals surface area contributed by atoms with E-state index in [0.29, 0.717) is 45.7 Å². The third kappa shape index (κ3) is 4.86. The summed E-state index contributed by atoms with van der Waals surface area (Å²) in [6.07, 6.45) is 2.16. The first-order chi connectivity index (χ1) is 15.4. The second kappa shape index (κ2) is 10.3. The third-order valence-electron chi connectivity index (χ3n) is 6.89. The lowest BCUT2D eigenvalue weighted by Gasteiger charge is -2.46. The number of hydrogen-bond acceptors (Lipinski definition) is 6. The van der Waals surface area contributed by atoms with Crippen molar-refractivity contribution in [3.05, 3.63) is 34.2 Å². The van der Waals surface area contributed by atoms with Gasteiger partial charge in [-0.05, 0) is 25.3 Å². The number of likely N-dealkylation sites (tertiary alicyclic amines) is 1. The monoisotopic (exact) mass is 449 g/mol. The minimum atomic E-state index is -0.646. The third-order valence-corrected chi connectivity index (χ3v) is 6.89. The maximum Gasteiger partial charge on any atom is 0.290 e. The van der Waals surface area contributed by atoms with Crippen LogP contribution in [0.15, 0.2) is 23.0 Å². The number of hydrogen-bond donors (Lipinski definition) is 3. The molecule has 3 N–H and O–H groups in total. The number of nitrogens with one attached hydrogen (secondary N) is 1. The van der Waals surface area contributed by atoms with Crippen LogP contribution in [0.2, 0.25) is 0 Å². The number of amides is 2. The van der Waals surface area contributed by atoms with E-state index in [4.69, 9.17) is 14.6 Å². The number of pyridine rings is 1. The summed E-state index contributed by atoms with van der Waals surface area (Å²) in [6, 6.07) is 4.45. The van der Waals surface area contributed by atoms with Crippen molar-refractivity contribution < 1.29 is 29.3 Å². The molecule has 2 amide bonds. The van der Waals surface area contributed by atoms with Crippen molar-refractivity contribution in [2.45, 2.75) is 38.1 Å². The highest BCUT2D eigenvalue weighted by atomic mass is 16.5. The molecule has 2 bridgehead atoms. The van der Waals surface area contributed by atoms with E-state index in [1.165, 1.54) is 6.07 Å². The Morgan fingerprint density at radius 1 is 1.28 bits per heavy atom. The number of piperidine rings is 1. The van der Waals surface area contributed by atoms with Crippen molar-refractivity contribution in [2.24, 2.45) is 11.3 Å². The molecule has 3 atom stereocenters. The predicted octanol–water partition coefficient (Wildman–Crippen LogP) is -0.0389. The molecular formula is C22H31N3O7. The first kappa shape index (κ1) is 23.9. The molecule has 0 saturated carbocycles. The number of fused-ring (bicyclic) bond motifs is 4. The smallest absolute Gasteiger partial charge is 0.290 e. The van der Waals surface area contributed by atoms with Gasteiger partial charge in [-0.3, -0.25) is 23.7 Å². The van der Waals surface area contributed by atoms with Gasteiger partial charge in [0, 0.05) is 68.8 Å². The van der Waals surface area contributed by atoms with E-state index in [-0.39, 0.29) is 47.7 Å². The highest BCUT2D eigenvalue weighted by Crippen LogP contribution is 2.41. The lowest BCUT2D eigenvalue weighted by molar-refractivity contribution is -0.136. The number of rotatable bonds is 4.